The van der Waals surface area contributed by atoms with Gasteiger partial charge in [0.2, 0.25) is 11.4 Å². The molecule has 0 atom stereocenters. The van der Waals surface area contributed by atoms with E-state index in [-0.39, 0.29) is 5.41 Å². The Labute approximate surface area is 165 Å². The maximum absolute atomic E-state index is 9.16. The number of aryl methyl sites for hydroxylation is 3. The summed E-state index contributed by atoms with van der Waals surface area (Å²) < 4.78 is 8.36. The second-order valence-corrected chi connectivity index (χ2v) is 8.51. The monoisotopic (exact) mass is 370 g/mol. The Morgan fingerprint density at radius 2 is 1.75 bits per heavy atom. The molecule has 0 spiro atoms. The zero-order chi connectivity index (χ0) is 20.2. The Balaban J connectivity index is 2.09. The van der Waals surface area contributed by atoms with E-state index in [9.17, 15) is 0 Å². The number of nitrogens with zero attached hydrogens (tertiary/aromatic N) is 3. The van der Waals surface area contributed by atoms with Gasteiger partial charge in [-0.2, -0.15) is 5.26 Å². The first-order chi connectivity index (χ1) is 13.2. The van der Waals surface area contributed by atoms with Crippen LogP contribution in [-0.4, -0.2) is 4.98 Å². The van der Waals surface area contributed by atoms with Gasteiger partial charge in [0.05, 0.1) is 5.56 Å². The average Bonchev–Trinajstić information content (AvgIpc) is 2.99. The van der Waals surface area contributed by atoms with Gasteiger partial charge in [-0.15, -0.1) is 0 Å². The number of furan rings is 1. The van der Waals surface area contributed by atoms with E-state index >= 15 is 0 Å². The van der Waals surface area contributed by atoms with E-state index in [2.05, 4.69) is 81.7 Å². The lowest BCUT2D eigenvalue weighted by molar-refractivity contribution is -0.660. The molecule has 0 radical (unpaired) electrons. The van der Waals surface area contributed by atoms with Gasteiger partial charge in [0, 0.05) is 22.4 Å². The van der Waals surface area contributed by atoms with Crippen LogP contribution in [-0.2, 0) is 12.5 Å². The molecule has 0 unspecified atom stereocenters. The Morgan fingerprint density at radius 1 is 1.04 bits per heavy atom. The molecule has 4 rings (SSSR count). The normalized spacial score (nSPS) is 11.9. The summed E-state index contributed by atoms with van der Waals surface area (Å²) in [6.07, 6.45) is 2.18. The zero-order valence-corrected chi connectivity index (χ0v) is 17.2. The summed E-state index contributed by atoms with van der Waals surface area (Å²) in [5.74, 6) is 0. The van der Waals surface area contributed by atoms with Crippen LogP contribution in [0.4, 0.5) is 0 Å². The third-order valence-electron chi connectivity index (χ3n) is 5.37. The number of rotatable bonds is 1. The highest BCUT2D eigenvalue weighted by Gasteiger charge is 2.26. The largest absolute Gasteiger partial charge is 0.437 e. The lowest BCUT2D eigenvalue weighted by atomic mass is 9.83. The standard InChI is InChI=1S/C24H24N3O/c1-14-7-9-17-18-10-8-16(12-25)26-23(18)28-22(17)21(14)20-11-19(24(3,4)5)15(2)13-27(20)6/h7-11,13H,1-6H3/q+1. The zero-order valence-electron chi connectivity index (χ0n) is 17.2. The van der Waals surface area contributed by atoms with Gasteiger partial charge in [0.15, 0.2) is 11.8 Å². The summed E-state index contributed by atoms with van der Waals surface area (Å²) >= 11 is 0. The van der Waals surface area contributed by atoms with Crippen LogP contribution in [0.3, 0.4) is 0 Å². The molecule has 0 fully saturated rings. The molecule has 0 aliphatic carbocycles. The van der Waals surface area contributed by atoms with E-state index < -0.39 is 0 Å². The summed E-state index contributed by atoms with van der Waals surface area (Å²) in [7, 11) is 2.07. The van der Waals surface area contributed by atoms with Crippen molar-refractivity contribution in [3.63, 3.8) is 0 Å². The van der Waals surface area contributed by atoms with Crippen molar-refractivity contribution < 1.29 is 8.98 Å². The van der Waals surface area contributed by atoms with Crippen molar-refractivity contribution in [3.05, 3.63) is 58.9 Å². The van der Waals surface area contributed by atoms with Gasteiger partial charge in [-0.25, -0.2) is 9.55 Å². The molecule has 4 aromatic rings. The molecule has 3 heterocycles. The first-order valence-corrected chi connectivity index (χ1v) is 9.45. The Hall–Kier alpha value is -3.19. The van der Waals surface area contributed by atoms with Gasteiger partial charge in [0.1, 0.15) is 18.8 Å². The number of fused-ring (bicyclic) bond motifs is 3. The molecule has 0 saturated heterocycles. The predicted octanol–water partition coefficient (Wildman–Crippen LogP) is 5.26. The van der Waals surface area contributed by atoms with Gasteiger partial charge in [-0.3, -0.25) is 0 Å². The molecule has 0 bridgehead atoms. The van der Waals surface area contributed by atoms with Crippen LogP contribution < -0.4 is 4.57 Å². The molecule has 0 aliphatic heterocycles. The molecule has 4 heteroatoms. The number of benzene rings is 1. The predicted molar refractivity (Wildman–Crippen MR) is 111 cm³/mol. The average molecular weight is 370 g/mol. The van der Waals surface area contributed by atoms with Gasteiger partial charge < -0.3 is 4.42 Å². The summed E-state index contributed by atoms with van der Waals surface area (Å²) in [4.78, 5) is 4.35. The molecule has 28 heavy (non-hydrogen) atoms. The van der Waals surface area contributed by atoms with Crippen molar-refractivity contribution in [2.45, 2.75) is 40.0 Å². The van der Waals surface area contributed by atoms with Crippen molar-refractivity contribution in [1.29, 1.82) is 5.26 Å². The van der Waals surface area contributed by atoms with Crippen molar-refractivity contribution in [3.8, 4) is 17.3 Å². The van der Waals surface area contributed by atoms with Crippen LogP contribution in [0.1, 0.15) is 43.2 Å². The minimum Gasteiger partial charge on any atom is -0.437 e. The number of hydrogen-bond acceptors (Lipinski definition) is 3. The molecule has 140 valence electrons. The Kier molecular flexibility index (Phi) is 4.01. The minimum atomic E-state index is 0.0476. The number of nitriles is 1. The quantitative estimate of drug-likeness (QED) is 0.430. The molecule has 3 aromatic heterocycles. The van der Waals surface area contributed by atoms with Gasteiger partial charge in [0.25, 0.3) is 0 Å². The summed E-state index contributed by atoms with van der Waals surface area (Å²) in [5.41, 5.74) is 7.65. The minimum absolute atomic E-state index is 0.0476. The lowest BCUT2D eigenvalue weighted by Gasteiger charge is -2.21. The van der Waals surface area contributed by atoms with Crippen molar-refractivity contribution in [2.75, 3.05) is 0 Å². The van der Waals surface area contributed by atoms with Crippen molar-refractivity contribution in [1.82, 2.24) is 4.98 Å². The Bertz CT molecular complexity index is 1280. The van der Waals surface area contributed by atoms with E-state index in [1.54, 1.807) is 6.07 Å². The van der Waals surface area contributed by atoms with Gasteiger partial charge in [-0.1, -0.05) is 32.9 Å². The second-order valence-electron chi connectivity index (χ2n) is 8.51. The van der Waals surface area contributed by atoms with Crippen LogP contribution in [0.15, 0.2) is 40.9 Å². The van der Waals surface area contributed by atoms with Gasteiger partial charge in [-0.05, 0) is 42.5 Å². The summed E-state index contributed by atoms with van der Waals surface area (Å²) in [5, 5.41) is 11.1. The summed E-state index contributed by atoms with van der Waals surface area (Å²) in [6, 6.07) is 12.2. The van der Waals surface area contributed by atoms with Crippen LogP contribution in [0.2, 0.25) is 0 Å². The third kappa shape index (κ3) is 2.75. The molecule has 4 nitrogen and oxygen atoms in total. The fourth-order valence-electron chi connectivity index (χ4n) is 4.04. The smallest absolute Gasteiger partial charge is 0.228 e. The van der Waals surface area contributed by atoms with Crippen molar-refractivity contribution in [2.24, 2.45) is 7.05 Å². The molecule has 1 aromatic carbocycles. The molecule has 0 aliphatic rings. The van der Waals surface area contributed by atoms with Crippen molar-refractivity contribution >= 4 is 22.1 Å². The highest BCUT2D eigenvalue weighted by atomic mass is 16.3. The number of hydrogen-bond donors (Lipinski definition) is 0. The highest BCUT2D eigenvalue weighted by Crippen LogP contribution is 2.37. The van der Waals surface area contributed by atoms with Crippen LogP contribution in [0, 0.1) is 25.2 Å². The number of aromatic nitrogens is 2. The Morgan fingerprint density at radius 3 is 2.43 bits per heavy atom. The topological polar surface area (TPSA) is 53.7 Å². The molecule has 0 saturated carbocycles. The fraction of sp³-hybridized carbons (Fsp3) is 0.292. The summed E-state index contributed by atoms with van der Waals surface area (Å²) in [6.45, 7) is 11.0. The first-order valence-electron chi connectivity index (χ1n) is 9.45. The SMILES string of the molecule is Cc1c[n+](C)c(-c2c(C)ccc3c2oc2nc(C#N)ccc23)cc1C(C)(C)C. The fourth-order valence-corrected chi connectivity index (χ4v) is 4.04. The molecule has 0 N–H and O–H groups in total. The number of pyridine rings is 2. The van der Waals surface area contributed by atoms with Crippen LogP contribution >= 0.6 is 0 Å². The van der Waals surface area contributed by atoms with E-state index in [1.807, 2.05) is 6.07 Å². The van der Waals surface area contributed by atoms with E-state index in [1.165, 1.54) is 11.1 Å². The van der Waals surface area contributed by atoms with Crippen LogP contribution in [0.5, 0.6) is 0 Å². The highest BCUT2D eigenvalue weighted by molar-refractivity contribution is 6.08. The second kappa shape index (κ2) is 6.17. The molecule has 0 amide bonds. The first kappa shape index (κ1) is 18.2. The van der Waals surface area contributed by atoms with Gasteiger partial charge >= 0.3 is 0 Å². The lowest BCUT2D eigenvalue weighted by Crippen LogP contribution is -2.33. The molecular formula is C24H24N3O+. The van der Waals surface area contributed by atoms with E-state index in [0.29, 0.717) is 11.4 Å². The van der Waals surface area contributed by atoms with E-state index in [4.69, 9.17) is 9.68 Å². The maximum atomic E-state index is 9.16. The molecular weight excluding hydrogens is 346 g/mol. The van der Waals surface area contributed by atoms with E-state index in [0.717, 1.165) is 33.2 Å². The third-order valence-corrected chi connectivity index (χ3v) is 5.37. The van der Waals surface area contributed by atoms with Crippen LogP contribution in [0.25, 0.3) is 33.3 Å². The maximum Gasteiger partial charge on any atom is 0.228 e.